The van der Waals surface area contributed by atoms with Gasteiger partial charge in [0.25, 0.3) is 0 Å². The second-order valence-corrected chi connectivity index (χ2v) is 11.3. The number of hydrogen-bond acceptors (Lipinski definition) is 1. The van der Waals surface area contributed by atoms with Crippen LogP contribution in [0.25, 0.3) is 86.6 Å². The molecule has 0 unspecified atom stereocenters. The molecule has 204 valence electrons. The fourth-order valence-electron chi connectivity index (χ4n) is 6.85. The zero-order valence-corrected chi connectivity index (χ0v) is 23.7. The molecular weight excluding hydrogens is 540 g/mol. The minimum Gasteiger partial charge on any atom is -0.454 e. The number of benzene rings is 6. The first-order valence-electron chi connectivity index (χ1n) is 14.4. The Morgan fingerprint density at radius 2 is 1.16 bits per heavy atom. The molecule has 0 aliphatic heterocycles. The molecule has 44 heavy (non-hydrogen) atoms. The van der Waals surface area contributed by atoms with Crippen molar-refractivity contribution >= 4 is 76.9 Å². The highest BCUT2D eigenvalue weighted by Gasteiger charge is 2.19. The van der Waals surface area contributed by atoms with Gasteiger partial charge in [-0.1, -0.05) is 54.1 Å². The Hall–Kier alpha value is -6.30. The van der Waals surface area contributed by atoms with E-state index in [4.69, 9.17) is 17.6 Å². The third-order valence-electron chi connectivity index (χ3n) is 8.78. The molecule has 0 saturated heterocycles. The van der Waals surface area contributed by atoms with Crippen molar-refractivity contribution in [1.82, 2.24) is 9.13 Å². The molecule has 5 nitrogen and oxygen atoms in total. The van der Waals surface area contributed by atoms with E-state index in [0.29, 0.717) is 11.4 Å². The van der Waals surface area contributed by atoms with Crippen LogP contribution in [0.15, 0.2) is 120 Å². The molecular formula is C39H22N4O. The van der Waals surface area contributed by atoms with Crippen LogP contribution in [0, 0.1) is 20.1 Å². The van der Waals surface area contributed by atoms with E-state index >= 15 is 0 Å². The Labute approximate surface area is 252 Å². The van der Waals surface area contributed by atoms with Crippen molar-refractivity contribution in [3.63, 3.8) is 0 Å². The quantitative estimate of drug-likeness (QED) is 0.193. The summed E-state index contributed by atoms with van der Waals surface area (Å²) in [6, 6.07) is 39.4. The molecule has 5 heteroatoms. The summed E-state index contributed by atoms with van der Waals surface area (Å²) in [6.45, 7) is 17.2. The molecule has 0 radical (unpaired) electrons. The van der Waals surface area contributed by atoms with Crippen LogP contribution in [0.5, 0.6) is 0 Å². The Morgan fingerprint density at radius 1 is 0.523 bits per heavy atom. The number of para-hydroxylation sites is 2. The molecule has 0 aliphatic carbocycles. The monoisotopic (exact) mass is 562 g/mol. The fraction of sp³-hybridized carbons (Fsp3) is 0.0256. The molecule has 0 aliphatic rings. The first kappa shape index (κ1) is 24.3. The Bertz CT molecular complexity index is 2690. The van der Waals surface area contributed by atoms with Crippen LogP contribution < -0.4 is 0 Å². The Morgan fingerprint density at radius 3 is 1.91 bits per heavy atom. The first-order valence-corrected chi connectivity index (χ1v) is 14.4. The van der Waals surface area contributed by atoms with E-state index in [1.54, 1.807) is 0 Å². The molecule has 9 rings (SSSR count). The van der Waals surface area contributed by atoms with Gasteiger partial charge in [-0.25, -0.2) is 9.69 Å². The minimum absolute atomic E-state index is 0.582. The van der Waals surface area contributed by atoms with Crippen LogP contribution in [0.1, 0.15) is 5.56 Å². The van der Waals surface area contributed by atoms with Gasteiger partial charge < -0.3 is 13.6 Å². The summed E-state index contributed by atoms with van der Waals surface area (Å²) in [4.78, 5) is 7.34. The van der Waals surface area contributed by atoms with E-state index in [2.05, 4.69) is 105 Å². The van der Waals surface area contributed by atoms with Gasteiger partial charge in [-0.15, -0.1) is 0 Å². The van der Waals surface area contributed by atoms with E-state index in [0.717, 1.165) is 76.9 Å². The standard InChI is InChI=1S/C39H22N4O/c1-23-11-18-38-32(19-23)28-8-6-10-37(39(28)44-38)43-33-9-5-4-7-27(33)31-22-26(14-17-36(31)43)42-34-15-12-24(40-2)20-29(34)30-21-25(41-3)13-16-35(30)42/h4-22H,1H3. The number of fused-ring (bicyclic) bond motifs is 9. The zero-order valence-electron chi connectivity index (χ0n) is 23.7. The third kappa shape index (κ3) is 3.27. The van der Waals surface area contributed by atoms with Gasteiger partial charge in [0.15, 0.2) is 17.0 Å². The SMILES string of the molecule is [C-]#[N+]c1ccc2c(c1)c1cc([N+]#[C-])ccc1n2-c1ccc2c(c1)c1ccccc1n2-c1cccc2c1oc1ccc(C)cc12. The molecule has 0 amide bonds. The maximum Gasteiger partial charge on any atom is 0.188 e. The average Bonchev–Trinajstić information content (AvgIpc) is 3.71. The maximum atomic E-state index is 7.57. The molecule has 9 aromatic rings. The molecule has 0 fully saturated rings. The van der Waals surface area contributed by atoms with E-state index in [1.165, 1.54) is 5.56 Å². The van der Waals surface area contributed by atoms with Gasteiger partial charge in [0, 0.05) is 27.2 Å². The summed E-state index contributed by atoms with van der Waals surface area (Å²) in [7, 11) is 0. The van der Waals surface area contributed by atoms with E-state index in [9.17, 15) is 0 Å². The van der Waals surface area contributed by atoms with Crippen molar-refractivity contribution in [3.05, 3.63) is 144 Å². The predicted octanol–water partition coefficient (Wildman–Crippen LogP) is 11.2. The van der Waals surface area contributed by atoms with Gasteiger partial charge in [-0.2, -0.15) is 0 Å². The number of aryl methyl sites for hydroxylation is 1. The first-order chi connectivity index (χ1) is 21.6. The van der Waals surface area contributed by atoms with Crippen molar-refractivity contribution in [2.45, 2.75) is 6.92 Å². The van der Waals surface area contributed by atoms with Crippen LogP contribution in [0.3, 0.4) is 0 Å². The molecule has 6 aromatic carbocycles. The zero-order chi connectivity index (χ0) is 29.5. The lowest BCUT2D eigenvalue weighted by Crippen LogP contribution is -1.96. The van der Waals surface area contributed by atoms with Crippen LogP contribution in [-0.2, 0) is 0 Å². The Kier molecular flexibility index (Phi) is 4.89. The molecule has 0 bridgehead atoms. The number of rotatable bonds is 2. The van der Waals surface area contributed by atoms with Crippen LogP contribution >= 0.6 is 0 Å². The van der Waals surface area contributed by atoms with Crippen molar-refractivity contribution in [1.29, 1.82) is 0 Å². The minimum atomic E-state index is 0.582. The van der Waals surface area contributed by atoms with E-state index in [1.807, 2.05) is 36.4 Å². The summed E-state index contributed by atoms with van der Waals surface area (Å²) >= 11 is 0. The number of furan rings is 1. The van der Waals surface area contributed by atoms with Crippen LogP contribution in [0.4, 0.5) is 11.4 Å². The second kappa shape index (κ2) is 8.85. The third-order valence-corrected chi connectivity index (χ3v) is 8.78. The molecule has 3 heterocycles. The molecule has 0 saturated carbocycles. The average molecular weight is 563 g/mol. The summed E-state index contributed by atoms with van der Waals surface area (Å²) in [5.41, 5.74) is 10.3. The summed E-state index contributed by atoms with van der Waals surface area (Å²) in [5, 5.41) is 6.44. The van der Waals surface area contributed by atoms with Gasteiger partial charge in [-0.3, -0.25) is 0 Å². The predicted molar refractivity (Wildman–Crippen MR) is 180 cm³/mol. The molecule has 3 aromatic heterocycles. The number of nitrogens with zero attached hydrogens (tertiary/aromatic N) is 4. The second-order valence-electron chi connectivity index (χ2n) is 11.3. The molecule has 0 N–H and O–H groups in total. The van der Waals surface area contributed by atoms with Gasteiger partial charge >= 0.3 is 0 Å². The van der Waals surface area contributed by atoms with Crippen molar-refractivity contribution in [2.75, 3.05) is 0 Å². The van der Waals surface area contributed by atoms with Crippen LogP contribution in [-0.4, -0.2) is 9.13 Å². The maximum absolute atomic E-state index is 7.57. The summed E-state index contributed by atoms with van der Waals surface area (Å²) < 4.78 is 11.1. The highest BCUT2D eigenvalue weighted by molar-refractivity contribution is 6.15. The Balaban J connectivity index is 1.35. The largest absolute Gasteiger partial charge is 0.454 e. The van der Waals surface area contributed by atoms with Crippen molar-refractivity contribution < 1.29 is 4.42 Å². The van der Waals surface area contributed by atoms with Gasteiger partial charge in [0.05, 0.1) is 40.9 Å². The molecule has 0 spiro atoms. The fourth-order valence-corrected chi connectivity index (χ4v) is 6.85. The lowest BCUT2D eigenvalue weighted by Gasteiger charge is -2.11. The van der Waals surface area contributed by atoms with E-state index < -0.39 is 0 Å². The smallest absolute Gasteiger partial charge is 0.188 e. The van der Waals surface area contributed by atoms with E-state index in [-0.39, 0.29) is 0 Å². The topological polar surface area (TPSA) is 31.7 Å². The highest BCUT2D eigenvalue weighted by atomic mass is 16.3. The van der Waals surface area contributed by atoms with Gasteiger partial charge in [0.2, 0.25) is 0 Å². The highest BCUT2D eigenvalue weighted by Crippen LogP contribution is 2.41. The van der Waals surface area contributed by atoms with Gasteiger partial charge in [-0.05, 0) is 84.4 Å². The summed E-state index contributed by atoms with van der Waals surface area (Å²) in [6.07, 6.45) is 0. The summed E-state index contributed by atoms with van der Waals surface area (Å²) in [5.74, 6) is 0. The number of aromatic nitrogens is 2. The lowest BCUT2D eigenvalue weighted by molar-refractivity contribution is 0.666. The number of hydrogen-bond donors (Lipinski definition) is 0. The van der Waals surface area contributed by atoms with Gasteiger partial charge in [0.1, 0.15) is 5.58 Å². The normalized spacial score (nSPS) is 11.7. The van der Waals surface area contributed by atoms with Crippen molar-refractivity contribution in [3.8, 4) is 11.4 Å². The van der Waals surface area contributed by atoms with Crippen molar-refractivity contribution in [2.24, 2.45) is 0 Å². The molecule has 0 atom stereocenters. The lowest BCUT2D eigenvalue weighted by atomic mass is 10.1. The van der Waals surface area contributed by atoms with Crippen LogP contribution in [0.2, 0.25) is 0 Å².